The number of carbonyl (C=O) groups excluding carboxylic acids is 2. The lowest BCUT2D eigenvalue weighted by Crippen LogP contribution is -2.36. The zero-order valence-corrected chi connectivity index (χ0v) is 18.3. The number of hydrogen-bond donors (Lipinski definition) is 3. The summed E-state index contributed by atoms with van der Waals surface area (Å²) >= 11 is 0. The molecule has 0 spiro atoms. The number of aromatic nitrogens is 4. The predicted octanol–water partition coefficient (Wildman–Crippen LogP) is 3.11. The number of amides is 2. The van der Waals surface area contributed by atoms with E-state index in [1.54, 1.807) is 0 Å². The molecule has 2 heterocycles. The molecule has 9 nitrogen and oxygen atoms in total. The van der Waals surface area contributed by atoms with Gasteiger partial charge in [0.15, 0.2) is 5.82 Å². The molecule has 0 bridgehead atoms. The van der Waals surface area contributed by atoms with Gasteiger partial charge >= 0.3 is 6.09 Å². The number of H-pyrrole nitrogens is 1. The smallest absolute Gasteiger partial charge is 0.407 e. The molecule has 3 N–H and O–H groups in total. The van der Waals surface area contributed by atoms with Crippen molar-refractivity contribution in [2.45, 2.75) is 75.9 Å². The third-order valence-corrected chi connectivity index (χ3v) is 7.15. The van der Waals surface area contributed by atoms with Crippen LogP contribution in [0.3, 0.4) is 0 Å². The maximum absolute atomic E-state index is 12.6. The van der Waals surface area contributed by atoms with Crippen molar-refractivity contribution in [3.8, 4) is 0 Å². The van der Waals surface area contributed by atoms with Crippen LogP contribution in [-0.4, -0.2) is 43.6 Å². The second-order valence-corrected chi connectivity index (χ2v) is 9.68. The highest BCUT2D eigenvalue weighted by molar-refractivity contribution is 5.94. The highest BCUT2D eigenvalue weighted by Crippen LogP contribution is 2.49. The molecule has 0 aliphatic heterocycles. The van der Waals surface area contributed by atoms with E-state index < -0.39 is 0 Å². The molecule has 4 atom stereocenters. The first kappa shape index (κ1) is 20.1. The highest BCUT2D eigenvalue weighted by Gasteiger charge is 2.45. The van der Waals surface area contributed by atoms with Crippen molar-refractivity contribution in [3.63, 3.8) is 0 Å². The van der Waals surface area contributed by atoms with Crippen LogP contribution in [0.15, 0.2) is 12.3 Å². The van der Waals surface area contributed by atoms with Crippen LogP contribution in [0.5, 0.6) is 0 Å². The minimum Gasteiger partial charge on any atom is -0.446 e. The van der Waals surface area contributed by atoms with Crippen LogP contribution in [0.25, 0.3) is 0 Å². The van der Waals surface area contributed by atoms with Crippen molar-refractivity contribution in [1.29, 1.82) is 0 Å². The third kappa shape index (κ3) is 4.18. The van der Waals surface area contributed by atoms with Crippen LogP contribution in [0, 0.1) is 12.8 Å². The Labute approximate surface area is 181 Å². The van der Waals surface area contributed by atoms with Crippen LogP contribution in [0.2, 0.25) is 0 Å². The minimum atomic E-state index is -0.314. The van der Waals surface area contributed by atoms with Gasteiger partial charge in [0.2, 0.25) is 5.91 Å². The number of aryl methyl sites for hydroxylation is 1. The molecule has 31 heavy (non-hydrogen) atoms. The highest BCUT2D eigenvalue weighted by atomic mass is 16.6. The Bertz CT molecular complexity index is 1010. The number of anilines is 1. The molecular formula is C22H30N6O3. The summed E-state index contributed by atoms with van der Waals surface area (Å²) in [4.78, 5) is 24.7. The summed E-state index contributed by atoms with van der Waals surface area (Å²) in [6, 6.07) is 1.91. The van der Waals surface area contributed by atoms with E-state index in [2.05, 4.69) is 25.9 Å². The van der Waals surface area contributed by atoms with Gasteiger partial charge in [0.05, 0.1) is 6.20 Å². The summed E-state index contributed by atoms with van der Waals surface area (Å²) in [5.74, 6) is 1.02. The van der Waals surface area contributed by atoms with Crippen molar-refractivity contribution in [3.05, 3.63) is 29.2 Å². The SMILES string of the molecule is Cc1c(C2CC2C(=O)Nc2cc([C@H]3CC[C@@H](OC(=O)NC4(C)CC4)C3)[nH]n2)cnn1C. The van der Waals surface area contributed by atoms with E-state index in [0.717, 1.165) is 55.5 Å². The lowest BCUT2D eigenvalue weighted by Gasteiger charge is -2.16. The second-order valence-electron chi connectivity index (χ2n) is 9.68. The van der Waals surface area contributed by atoms with Crippen molar-refractivity contribution in [2.24, 2.45) is 13.0 Å². The Morgan fingerprint density at radius 2 is 2.10 bits per heavy atom. The monoisotopic (exact) mass is 426 g/mol. The average Bonchev–Trinajstić information content (AvgIpc) is 3.48. The van der Waals surface area contributed by atoms with Crippen molar-refractivity contribution in [1.82, 2.24) is 25.3 Å². The van der Waals surface area contributed by atoms with E-state index in [4.69, 9.17) is 4.74 Å². The van der Waals surface area contributed by atoms with Crippen LogP contribution < -0.4 is 10.6 Å². The number of aromatic amines is 1. The van der Waals surface area contributed by atoms with Gasteiger partial charge in [-0.1, -0.05) is 0 Å². The number of ether oxygens (including phenoxy) is 1. The molecule has 166 valence electrons. The molecule has 2 aromatic heterocycles. The Hall–Kier alpha value is -2.84. The molecule has 3 aliphatic rings. The fourth-order valence-corrected chi connectivity index (χ4v) is 4.61. The molecule has 2 amide bonds. The van der Waals surface area contributed by atoms with E-state index in [0.29, 0.717) is 5.82 Å². The second kappa shape index (κ2) is 7.39. The normalized spacial score (nSPS) is 28.2. The largest absolute Gasteiger partial charge is 0.446 e. The van der Waals surface area contributed by atoms with Crippen LogP contribution in [-0.2, 0) is 16.6 Å². The summed E-state index contributed by atoms with van der Waals surface area (Å²) in [5, 5.41) is 17.5. The molecule has 0 radical (unpaired) electrons. The van der Waals surface area contributed by atoms with Gasteiger partial charge in [0, 0.05) is 41.9 Å². The maximum atomic E-state index is 12.6. The topological polar surface area (TPSA) is 114 Å². The van der Waals surface area contributed by atoms with E-state index in [1.807, 2.05) is 37.8 Å². The first-order valence-corrected chi connectivity index (χ1v) is 11.1. The number of nitrogens with one attached hydrogen (secondary N) is 3. The van der Waals surface area contributed by atoms with Crippen LogP contribution >= 0.6 is 0 Å². The third-order valence-electron chi connectivity index (χ3n) is 7.15. The summed E-state index contributed by atoms with van der Waals surface area (Å²) in [5.41, 5.74) is 3.18. The number of nitrogens with zero attached hydrogens (tertiary/aromatic N) is 3. The molecule has 3 aliphatic carbocycles. The summed E-state index contributed by atoms with van der Waals surface area (Å²) in [6.07, 6.45) is 6.88. The van der Waals surface area contributed by atoms with Gasteiger partial charge < -0.3 is 15.4 Å². The first-order chi connectivity index (χ1) is 14.8. The maximum Gasteiger partial charge on any atom is 0.407 e. The van der Waals surface area contributed by atoms with Gasteiger partial charge in [-0.3, -0.25) is 14.6 Å². The Kier molecular flexibility index (Phi) is 4.79. The van der Waals surface area contributed by atoms with Gasteiger partial charge in [0.1, 0.15) is 6.10 Å². The van der Waals surface area contributed by atoms with E-state index in [9.17, 15) is 9.59 Å². The average molecular weight is 427 g/mol. The standard InChI is InChI=1S/C22H30N6O3/c1-12-17(11-23-28(12)3)15-9-16(15)20(29)24-19-10-18(26-27-19)13-4-5-14(8-13)31-21(30)25-22(2)6-7-22/h10-11,13-16H,4-9H2,1-3H3,(H,25,30)(H2,24,26,27,29)/t13-,14+,15?,16?/m0/s1. The Morgan fingerprint density at radius 3 is 2.81 bits per heavy atom. The summed E-state index contributed by atoms with van der Waals surface area (Å²) < 4.78 is 7.44. The van der Waals surface area contributed by atoms with Gasteiger partial charge in [-0.25, -0.2) is 4.79 Å². The number of alkyl carbamates (subject to hydrolysis) is 1. The van der Waals surface area contributed by atoms with E-state index in [-0.39, 0.29) is 41.4 Å². The van der Waals surface area contributed by atoms with Crippen molar-refractivity contribution >= 4 is 17.8 Å². The Balaban J connectivity index is 1.12. The zero-order valence-electron chi connectivity index (χ0n) is 18.3. The molecular weight excluding hydrogens is 396 g/mol. The van der Waals surface area contributed by atoms with Gasteiger partial charge in [-0.05, 0) is 63.9 Å². The molecule has 9 heteroatoms. The molecule has 5 rings (SSSR count). The van der Waals surface area contributed by atoms with E-state index in [1.165, 1.54) is 0 Å². The first-order valence-electron chi connectivity index (χ1n) is 11.1. The van der Waals surface area contributed by atoms with Gasteiger partial charge in [-0.2, -0.15) is 10.2 Å². The number of hydrogen-bond acceptors (Lipinski definition) is 5. The molecule has 2 unspecified atom stereocenters. The molecule has 2 aromatic rings. The van der Waals surface area contributed by atoms with Crippen molar-refractivity contribution in [2.75, 3.05) is 5.32 Å². The summed E-state index contributed by atoms with van der Waals surface area (Å²) in [6.45, 7) is 4.07. The number of rotatable bonds is 6. The quantitative estimate of drug-likeness (QED) is 0.657. The molecule has 0 aromatic carbocycles. The molecule has 3 saturated carbocycles. The van der Waals surface area contributed by atoms with Gasteiger partial charge in [-0.15, -0.1) is 0 Å². The lowest BCUT2D eigenvalue weighted by molar-refractivity contribution is -0.117. The lowest BCUT2D eigenvalue weighted by atomic mass is 10.0. The fraction of sp³-hybridized carbons (Fsp3) is 0.636. The zero-order chi connectivity index (χ0) is 21.8. The number of carbonyl (C=O) groups is 2. The van der Waals surface area contributed by atoms with Gasteiger partial charge in [0.25, 0.3) is 0 Å². The van der Waals surface area contributed by atoms with Crippen LogP contribution in [0.4, 0.5) is 10.6 Å². The minimum absolute atomic E-state index is 0.00387. The fourth-order valence-electron chi connectivity index (χ4n) is 4.61. The predicted molar refractivity (Wildman–Crippen MR) is 114 cm³/mol. The Morgan fingerprint density at radius 1 is 1.29 bits per heavy atom. The van der Waals surface area contributed by atoms with Crippen molar-refractivity contribution < 1.29 is 14.3 Å². The van der Waals surface area contributed by atoms with Crippen LogP contribution in [0.1, 0.15) is 74.2 Å². The van der Waals surface area contributed by atoms with E-state index >= 15 is 0 Å². The summed E-state index contributed by atoms with van der Waals surface area (Å²) in [7, 11) is 1.92. The molecule has 0 saturated heterocycles. The molecule has 3 fully saturated rings.